The molecule has 19 heavy (non-hydrogen) atoms. The zero-order valence-corrected chi connectivity index (χ0v) is 11.2. The quantitative estimate of drug-likeness (QED) is 0.841. The van der Waals surface area contributed by atoms with E-state index in [1.807, 2.05) is 0 Å². The van der Waals surface area contributed by atoms with Gasteiger partial charge in [0.15, 0.2) is 0 Å². The van der Waals surface area contributed by atoms with Crippen LogP contribution >= 0.6 is 0 Å². The first-order chi connectivity index (χ1) is 9.26. The Morgan fingerprint density at radius 2 is 2.16 bits per heavy atom. The largest absolute Gasteiger partial charge is 0.496 e. The fraction of sp³-hybridized carbons (Fsp3) is 0.571. The third-order valence-electron chi connectivity index (χ3n) is 3.55. The number of piperazine rings is 1. The first-order valence-electron chi connectivity index (χ1n) is 6.65. The molecule has 106 valence electrons. The fourth-order valence-corrected chi connectivity index (χ4v) is 2.61. The summed E-state index contributed by atoms with van der Waals surface area (Å²) >= 11 is 0. The highest BCUT2D eigenvalue weighted by molar-refractivity contribution is 5.36. The topological polar surface area (TPSA) is 44.7 Å². The highest BCUT2D eigenvalue weighted by Gasteiger charge is 2.24. The van der Waals surface area contributed by atoms with Gasteiger partial charge in [0, 0.05) is 50.5 Å². The summed E-state index contributed by atoms with van der Waals surface area (Å²) in [6.45, 7) is 3.82. The van der Waals surface area contributed by atoms with Crippen LogP contribution in [0, 0.1) is 5.82 Å². The molecule has 0 spiro atoms. The Labute approximate surface area is 113 Å². The van der Waals surface area contributed by atoms with E-state index in [0.29, 0.717) is 12.2 Å². The second-order valence-electron chi connectivity index (χ2n) is 4.70. The van der Waals surface area contributed by atoms with Crippen molar-refractivity contribution in [3.05, 3.63) is 29.6 Å². The van der Waals surface area contributed by atoms with Gasteiger partial charge >= 0.3 is 0 Å². The lowest BCUT2D eigenvalue weighted by Gasteiger charge is -2.35. The van der Waals surface area contributed by atoms with Crippen molar-refractivity contribution in [2.24, 2.45) is 0 Å². The van der Waals surface area contributed by atoms with Gasteiger partial charge in [-0.3, -0.25) is 4.90 Å². The predicted octanol–water partition coefficient (Wildman–Crippen LogP) is 1.16. The van der Waals surface area contributed by atoms with Crippen LogP contribution in [0.3, 0.4) is 0 Å². The molecular formula is C14H21FN2O2. The number of ether oxygens (including phenoxy) is 1. The fourth-order valence-electron chi connectivity index (χ4n) is 2.61. The Kier molecular flexibility index (Phi) is 5.13. The second kappa shape index (κ2) is 6.84. The highest BCUT2D eigenvalue weighted by atomic mass is 19.1. The Morgan fingerprint density at radius 3 is 2.79 bits per heavy atom. The van der Waals surface area contributed by atoms with Gasteiger partial charge in [-0.05, 0) is 12.5 Å². The molecule has 0 amide bonds. The molecule has 0 unspecified atom stereocenters. The lowest BCUT2D eigenvalue weighted by atomic mass is 10.00. The Bertz CT molecular complexity index is 408. The molecule has 0 aromatic heterocycles. The standard InChI is InChI=1S/C14H21FN2O2/c1-19-14-10-11(15)2-3-12(14)13(4-9-18)17-7-5-16-6-8-17/h2-3,10,13,16,18H,4-9H2,1H3/t13-/m0/s1. The van der Waals surface area contributed by atoms with Gasteiger partial charge < -0.3 is 15.2 Å². The molecule has 2 rings (SSSR count). The van der Waals surface area contributed by atoms with E-state index in [1.54, 1.807) is 13.2 Å². The molecule has 1 fully saturated rings. The monoisotopic (exact) mass is 268 g/mol. The Balaban J connectivity index is 2.26. The second-order valence-corrected chi connectivity index (χ2v) is 4.70. The predicted molar refractivity (Wildman–Crippen MR) is 71.8 cm³/mol. The van der Waals surface area contributed by atoms with Crippen LogP contribution in [-0.2, 0) is 0 Å². The average molecular weight is 268 g/mol. The number of rotatable bonds is 5. The average Bonchev–Trinajstić information content (AvgIpc) is 2.46. The molecule has 1 heterocycles. The third kappa shape index (κ3) is 3.43. The van der Waals surface area contributed by atoms with Gasteiger partial charge in [-0.15, -0.1) is 0 Å². The first-order valence-corrected chi connectivity index (χ1v) is 6.65. The van der Waals surface area contributed by atoms with Crippen molar-refractivity contribution >= 4 is 0 Å². The minimum atomic E-state index is -0.302. The van der Waals surface area contributed by atoms with E-state index >= 15 is 0 Å². The van der Waals surface area contributed by atoms with E-state index in [2.05, 4.69) is 10.2 Å². The molecule has 0 radical (unpaired) electrons. The van der Waals surface area contributed by atoms with Crippen LogP contribution in [0.15, 0.2) is 18.2 Å². The lowest BCUT2D eigenvalue weighted by molar-refractivity contribution is 0.139. The first kappa shape index (κ1) is 14.2. The van der Waals surface area contributed by atoms with Crippen LogP contribution in [-0.4, -0.2) is 49.9 Å². The number of aliphatic hydroxyl groups is 1. The van der Waals surface area contributed by atoms with Crippen molar-refractivity contribution in [2.45, 2.75) is 12.5 Å². The molecule has 1 aliphatic heterocycles. The summed E-state index contributed by atoms with van der Waals surface area (Å²) in [6.07, 6.45) is 0.627. The highest BCUT2D eigenvalue weighted by Crippen LogP contribution is 2.32. The van der Waals surface area contributed by atoms with E-state index in [-0.39, 0.29) is 18.5 Å². The van der Waals surface area contributed by atoms with E-state index in [9.17, 15) is 9.50 Å². The van der Waals surface area contributed by atoms with Crippen LogP contribution in [0.4, 0.5) is 4.39 Å². The van der Waals surface area contributed by atoms with Crippen LogP contribution in [0.1, 0.15) is 18.0 Å². The maximum Gasteiger partial charge on any atom is 0.126 e. The number of nitrogens with zero attached hydrogens (tertiary/aromatic N) is 1. The van der Waals surface area contributed by atoms with E-state index < -0.39 is 0 Å². The summed E-state index contributed by atoms with van der Waals surface area (Å²) in [6, 6.07) is 4.69. The smallest absolute Gasteiger partial charge is 0.126 e. The molecule has 1 saturated heterocycles. The summed E-state index contributed by atoms with van der Waals surface area (Å²) in [5.41, 5.74) is 0.944. The van der Waals surface area contributed by atoms with E-state index in [4.69, 9.17) is 4.74 Å². The minimum absolute atomic E-state index is 0.0719. The molecule has 0 saturated carbocycles. The van der Waals surface area contributed by atoms with Crippen LogP contribution in [0.5, 0.6) is 5.75 Å². The number of nitrogens with one attached hydrogen (secondary N) is 1. The number of hydrogen-bond acceptors (Lipinski definition) is 4. The molecule has 1 aromatic rings. The molecule has 5 heteroatoms. The van der Waals surface area contributed by atoms with Crippen LogP contribution in [0.25, 0.3) is 0 Å². The summed E-state index contributed by atoms with van der Waals surface area (Å²) in [5, 5.41) is 12.6. The summed E-state index contributed by atoms with van der Waals surface area (Å²) in [5.74, 6) is 0.251. The van der Waals surface area contributed by atoms with Gasteiger partial charge in [0.25, 0.3) is 0 Å². The van der Waals surface area contributed by atoms with Gasteiger partial charge in [0.2, 0.25) is 0 Å². The van der Waals surface area contributed by atoms with Crippen LogP contribution < -0.4 is 10.1 Å². The van der Waals surface area contributed by atoms with Crippen molar-refractivity contribution in [2.75, 3.05) is 39.9 Å². The van der Waals surface area contributed by atoms with Crippen molar-refractivity contribution in [3.63, 3.8) is 0 Å². The summed E-state index contributed by atoms with van der Waals surface area (Å²) in [7, 11) is 1.55. The van der Waals surface area contributed by atoms with E-state index in [1.165, 1.54) is 12.1 Å². The number of methoxy groups -OCH3 is 1. The Morgan fingerprint density at radius 1 is 1.42 bits per heavy atom. The van der Waals surface area contributed by atoms with Crippen molar-refractivity contribution < 1.29 is 14.2 Å². The summed E-state index contributed by atoms with van der Waals surface area (Å²) in [4.78, 5) is 2.31. The summed E-state index contributed by atoms with van der Waals surface area (Å²) < 4.78 is 18.6. The molecule has 1 aromatic carbocycles. The zero-order valence-electron chi connectivity index (χ0n) is 11.2. The van der Waals surface area contributed by atoms with Crippen LogP contribution in [0.2, 0.25) is 0 Å². The van der Waals surface area contributed by atoms with Crippen molar-refractivity contribution in [3.8, 4) is 5.75 Å². The molecule has 2 N–H and O–H groups in total. The molecular weight excluding hydrogens is 247 g/mol. The minimum Gasteiger partial charge on any atom is -0.496 e. The van der Waals surface area contributed by atoms with Gasteiger partial charge in [-0.25, -0.2) is 4.39 Å². The third-order valence-corrected chi connectivity index (χ3v) is 3.55. The number of halogens is 1. The lowest BCUT2D eigenvalue weighted by Crippen LogP contribution is -2.45. The van der Waals surface area contributed by atoms with E-state index in [0.717, 1.165) is 31.7 Å². The zero-order chi connectivity index (χ0) is 13.7. The number of hydrogen-bond donors (Lipinski definition) is 2. The number of aliphatic hydroxyl groups excluding tert-OH is 1. The molecule has 1 aliphatic rings. The maximum atomic E-state index is 13.3. The Hall–Kier alpha value is -1.17. The van der Waals surface area contributed by atoms with Crippen molar-refractivity contribution in [1.29, 1.82) is 0 Å². The van der Waals surface area contributed by atoms with Gasteiger partial charge in [-0.2, -0.15) is 0 Å². The molecule has 0 aliphatic carbocycles. The van der Waals surface area contributed by atoms with Crippen molar-refractivity contribution in [1.82, 2.24) is 10.2 Å². The molecule has 4 nitrogen and oxygen atoms in total. The van der Waals surface area contributed by atoms with Gasteiger partial charge in [0.1, 0.15) is 11.6 Å². The normalized spacial score (nSPS) is 18.3. The SMILES string of the molecule is COc1cc(F)ccc1[C@H](CCO)N1CCNCC1. The molecule has 0 bridgehead atoms. The van der Waals surface area contributed by atoms with Gasteiger partial charge in [-0.1, -0.05) is 6.07 Å². The molecule has 1 atom stereocenters. The maximum absolute atomic E-state index is 13.3. The number of benzene rings is 1. The van der Waals surface area contributed by atoms with Gasteiger partial charge in [0.05, 0.1) is 7.11 Å².